The Labute approximate surface area is 162 Å². The van der Waals surface area contributed by atoms with Gasteiger partial charge in [0.25, 0.3) is 10.0 Å². The standard InChI is InChI=1S/C19H17N5O3S/c1-27-18-7-9-19(10-8-18)28(25,26)22-15-11-20-23(13-15)17-12-21-24(14-17)16-5-3-2-4-6-16/h2-14,22H,1H3. The molecule has 2 aromatic heterocycles. The van der Waals surface area contributed by atoms with E-state index in [4.69, 9.17) is 4.74 Å². The molecule has 0 fully saturated rings. The van der Waals surface area contributed by atoms with E-state index in [1.165, 1.54) is 25.4 Å². The molecule has 4 rings (SSSR count). The van der Waals surface area contributed by atoms with Gasteiger partial charge in [-0.15, -0.1) is 0 Å². The normalized spacial score (nSPS) is 11.3. The van der Waals surface area contributed by atoms with Crippen molar-refractivity contribution in [2.45, 2.75) is 4.90 Å². The second kappa shape index (κ2) is 7.20. The minimum Gasteiger partial charge on any atom is -0.497 e. The summed E-state index contributed by atoms with van der Waals surface area (Å²) in [7, 11) is -2.20. The third-order valence-electron chi connectivity index (χ3n) is 4.06. The van der Waals surface area contributed by atoms with Crippen LogP contribution in [0, 0.1) is 0 Å². The first-order valence-electron chi connectivity index (χ1n) is 8.37. The van der Waals surface area contributed by atoms with Crippen LogP contribution in [0.2, 0.25) is 0 Å². The second-order valence-corrected chi connectivity index (χ2v) is 7.62. The fourth-order valence-electron chi connectivity index (χ4n) is 2.64. The smallest absolute Gasteiger partial charge is 0.261 e. The zero-order valence-corrected chi connectivity index (χ0v) is 15.7. The molecule has 0 aliphatic rings. The summed E-state index contributed by atoms with van der Waals surface area (Å²) in [6.45, 7) is 0. The van der Waals surface area contributed by atoms with Gasteiger partial charge in [-0.25, -0.2) is 17.8 Å². The number of aromatic nitrogens is 4. The maximum Gasteiger partial charge on any atom is 0.261 e. The number of anilines is 1. The largest absolute Gasteiger partial charge is 0.497 e. The Morgan fingerprint density at radius 2 is 1.54 bits per heavy atom. The molecule has 2 heterocycles. The minimum absolute atomic E-state index is 0.137. The molecule has 0 saturated carbocycles. The van der Waals surface area contributed by atoms with Crippen molar-refractivity contribution in [2.24, 2.45) is 0 Å². The number of hydrogen-bond donors (Lipinski definition) is 1. The van der Waals surface area contributed by atoms with Gasteiger partial charge in [-0.05, 0) is 36.4 Å². The second-order valence-electron chi connectivity index (χ2n) is 5.93. The van der Waals surface area contributed by atoms with Gasteiger partial charge in [0, 0.05) is 0 Å². The lowest BCUT2D eigenvalue weighted by Crippen LogP contribution is -2.12. The molecule has 9 heteroatoms. The number of ether oxygens (including phenoxy) is 1. The van der Waals surface area contributed by atoms with Crippen molar-refractivity contribution in [1.82, 2.24) is 19.6 Å². The van der Waals surface area contributed by atoms with E-state index in [2.05, 4.69) is 14.9 Å². The highest BCUT2D eigenvalue weighted by Gasteiger charge is 2.15. The molecule has 0 radical (unpaired) electrons. The zero-order valence-electron chi connectivity index (χ0n) is 14.9. The van der Waals surface area contributed by atoms with Crippen molar-refractivity contribution in [1.29, 1.82) is 0 Å². The molecule has 0 aliphatic carbocycles. The molecule has 0 aliphatic heterocycles. The Morgan fingerprint density at radius 3 is 2.25 bits per heavy atom. The summed E-state index contributed by atoms with van der Waals surface area (Å²) in [5.74, 6) is 0.585. The molecule has 0 atom stereocenters. The van der Waals surface area contributed by atoms with Crippen molar-refractivity contribution in [3.05, 3.63) is 79.4 Å². The lowest BCUT2D eigenvalue weighted by atomic mass is 10.3. The number of methoxy groups -OCH3 is 1. The Kier molecular flexibility index (Phi) is 4.58. The number of nitrogens with one attached hydrogen (secondary N) is 1. The summed E-state index contributed by atoms with van der Waals surface area (Å²) in [5.41, 5.74) is 1.98. The third-order valence-corrected chi connectivity index (χ3v) is 5.46. The molecule has 1 N–H and O–H groups in total. The zero-order chi connectivity index (χ0) is 19.6. The van der Waals surface area contributed by atoms with Crippen LogP contribution < -0.4 is 9.46 Å². The lowest BCUT2D eigenvalue weighted by molar-refractivity contribution is 0.414. The predicted molar refractivity (Wildman–Crippen MR) is 104 cm³/mol. The summed E-state index contributed by atoms with van der Waals surface area (Å²) >= 11 is 0. The summed E-state index contributed by atoms with van der Waals surface area (Å²) in [4.78, 5) is 0.137. The van der Waals surface area contributed by atoms with Crippen LogP contribution in [0.3, 0.4) is 0 Å². The van der Waals surface area contributed by atoms with Crippen molar-refractivity contribution < 1.29 is 13.2 Å². The molecule has 0 unspecified atom stereocenters. The maximum atomic E-state index is 12.5. The SMILES string of the molecule is COc1ccc(S(=O)(=O)Nc2cnn(-c3cnn(-c4ccccc4)c3)c2)cc1. The fourth-order valence-corrected chi connectivity index (χ4v) is 3.67. The van der Waals surface area contributed by atoms with Gasteiger partial charge in [0.1, 0.15) is 11.4 Å². The number of sulfonamides is 1. The highest BCUT2D eigenvalue weighted by molar-refractivity contribution is 7.92. The van der Waals surface area contributed by atoms with Gasteiger partial charge in [-0.1, -0.05) is 18.2 Å². The Balaban J connectivity index is 1.54. The maximum absolute atomic E-state index is 12.5. The first-order valence-corrected chi connectivity index (χ1v) is 9.85. The molecule has 4 aromatic rings. The number of para-hydroxylation sites is 1. The molecular formula is C19H17N5O3S. The Hall–Kier alpha value is -3.59. The molecule has 8 nitrogen and oxygen atoms in total. The summed E-state index contributed by atoms with van der Waals surface area (Å²) in [6.07, 6.45) is 6.50. The first kappa shape index (κ1) is 17.8. The van der Waals surface area contributed by atoms with Crippen molar-refractivity contribution in [3.8, 4) is 17.1 Å². The van der Waals surface area contributed by atoms with Crippen LogP contribution >= 0.6 is 0 Å². The van der Waals surface area contributed by atoms with E-state index in [-0.39, 0.29) is 4.90 Å². The highest BCUT2D eigenvalue weighted by atomic mass is 32.2. The third kappa shape index (κ3) is 3.60. The number of hydrogen-bond acceptors (Lipinski definition) is 5. The topological polar surface area (TPSA) is 91.0 Å². The van der Waals surface area contributed by atoms with Crippen molar-refractivity contribution in [2.75, 3.05) is 11.8 Å². The molecule has 0 amide bonds. The van der Waals surface area contributed by atoms with Crippen LogP contribution in [-0.2, 0) is 10.0 Å². The first-order chi connectivity index (χ1) is 13.5. The molecule has 0 bridgehead atoms. The monoisotopic (exact) mass is 395 g/mol. The van der Waals surface area contributed by atoms with Crippen LogP contribution in [0.25, 0.3) is 11.4 Å². The summed E-state index contributed by atoms with van der Waals surface area (Å²) in [6, 6.07) is 15.8. The van der Waals surface area contributed by atoms with Gasteiger partial charge in [0.15, 0.2) is 0 Å². The molecular weight excluding hydrogens is 378 g/mol. The molecule has 0 saturated heterocycles. The van der Waals surface area contributed by atoms with Crippen LogP contribution in [0.15, 0.2) is 84.3 Å². The molecule has 142 valence electrons. The van der Waals surface area contributed by atoms with E-state index < -0.39 is 10.0 Å². The van der Waals surface area contributed by atoms with E-state index in [0.29, 0.717) is 17.1 Å². The predicted octanol–water partition coefficient (Wildman–Crippen LogP) is 2.87. The lowest BCUT2D eigenvalue weighted by Gasteiger charge is -2.06. The van der Waals surface area contributed by atoms with Crippen LogP contribution in [0.4, 0.5) is 5.69 Å². The van der Waals surface area contributed by atoms with Crippen molar-refractivity contribution >= 4 is 15.7 Å². The molecule has 0 spiro atoms. The Morgan fingerprint density at radius 1 is 0.857 bits per heavy atom. The van der Waals surface area contributed by atoms with E-state index >= 15 is 0 Å². The van der Waals surface area contributed by atoms with E-state index in [1.54, 1.807) is 33.9 Å². The number of benzene rings is 2. The average Bonchev–Trinajstić information content (AvgIpc) is 3.38. The van der Waals surface area contributed by atoms with Gasteiger partial charge >= 0.3 is 0 Å². The van der Waals surface area contributed by atoms with Crippen molar-refractivity contribution in [3.63, 3.8) is 0 Å². The molecule has 2 aromatic carbocycles. The summed E-state index contributed by atoms with van der Waals surface area (Å²) < 4.78 is 35.9. The van der Waals surface area contributed by atoms with Gasteiger partial charge < -0.3 is 4.74 Å². The fraction of sp³-hybridized carbons (Fsp3) is 0.0526. The van der Waals surface area contributed by atoms with Crippen LogP contribution in [-0.4, -0.2) is 35.1 Å². The van der Waals surface area contributed by atoms with Crippen LogP contribution in [0.1, 0.15) is 0 Å². The Bertz CT molecular complexity index is 1180. The summed E-state index contributed by atoms with van der Waals surface area (Å²) in [5, 5.41) is 8.53. The molecule has 28 heavy (non-hydrogen) atoms. The highest BCUT2D eigenvalue weighted by Crippen LogP contribution is 2.20. The average molecular weight is 395 g/mol. The quantitative estimate of drug-likeness (QED) is 0.542. The van der Waals surface area contributed by atoms with Crippen LogP contribution in [0.5, 0.6) is 5.75 Å². The minimum atomic E-state index is -3.72. The van der Waals surface area contributed by atoms with Gasteiger partial charge in [-0.3, -0.25) is 4.72 Å². The van der Waals surface area contributed by atoms with E-state index in [9.17, 15) is 8.42 Å². The number of rotatable bonds is 6. The van der Waals surface area contributed by atoms with E-state index in [1.807, 2.05) is 36.5 Å². The van der Waals surface area contributed by atoms with Gasteiger partial charge in [0.2, 0.25) is 0 Å². The van der Waals surface area contributed by atoms with Gasteiger partial charge in [0.05, 0.1) is 48.2 Å². The van der Waals surface area contributed by atoms with E-state index in [0.717, 1.165) is 5.69 Å². The number of nitrogens with zero attached hydrogens (tertiary/aromatic N) is 4. The van der Waals surface area contributed by atoms with Gasteiger partial charge in [-0.2, -0.15) is 10.2 Å².